The number of hydrogen-bond acceptors (Lipinski definition) is 4. The van der Waals surface area contributed by atoms with E-state index in [2.05, 4.69) is 27.2 Å². The third-order valence-corrected chi connectivity index (χ3v) is 8.05. The van der Waals surface area contributed by atoms with Crippen LogP contribution in [0.4, 0.5) is 11.4 Å². The number of benzene rings is 2. The number of anilines is 2. The molecule has 5 heteroatoms. The summed E-state index contributed by atoms with van der Waals surface area (Å²) in [6, 6.07) is 16.8. The van der Waals surface area contributed by atoms with Gasteiger partial charge in [-0.25, -0.2) is 0 Å². The summed E-state index contributed by atoms with van der Waals surface area (Å²) in [7, 11) is 0. The van der Waals surface area contributed by atoms with Crippen molar-refractivity contribution in [2.45, 2.75) is 57.3 Å². The van der Waals surface area contributed by atoms with Crippen LogP contribution in [0.3, 0.4) is 0 Å². The molecule has 2 aromatic rings. The van der Waals surface area contributed by atoms with Gasteiger partial charge in [0.2, 0.25) is 0 Å². The van der Waals surface area contributed by atoms with Crippen molar-refractivity contribution >= 4 is 17.3 Å². The molecule has 4 fully saturated rings. The van der Waals surface area contributed by atoms with Crippen molar-refractivity contribution < 1.29 is 9.53 Å². The standard InChI is InChI=1S/C28H35N3O2/c32-28(22-8-6-21(7-9-22)19-33-26-2-1-3-26)29-24-10-12-25(13-11-24)31-15-14-23-17-30(18-27(23)31)16-20-4-5-20/h6-13,20,23,26-27H,1-5,14-19H2,(H,29,32)/t23-,27+/m1/s1. The van der Waals surface area contributed by atoms with Gasteiger partial charge in [-0.2, -0.15) is 0 Å². The lowest BCUT2D eigenvalue weighted by Gasteiger charge is -2.27. The first kappa shape index (κ1) is 21.2. The molecule has 33 heavy (non-hydrogen) atoms. The molecule has 0 aromatic heterocycles. The number of nitrogens with one attached hydrogen (secondary N) is 1. The van der Waals surface area contributed by atoms with E-state index in [1.165, 1.54) is 63.8 Å². The second kappa shape index (κ2) is 9.11. The monoisotopic (exact) mass is 445 g/mol. The van der Waals surface area contributed by atoms with Crippen LogP contribution in [-0.4, -0.2) is 49.1 Å². The minimum atomic E-state index is -0.0676. The summed E-state index contributed by atoms with van der Waals surface area (Å²) in [6.07, 6.45) is 8.23. The van der Waals surface area contributed by atoms with Gasteiger partial charge in [0.25, 0.3) is 5.91 Å². The number of rotatable bonds is 8. The Labute approximate surface area is 197 Å². The van der Waals surface area contributed by atoms with Crippen LogP contribution in [0.1, 0.15) is 54.4 Å². The van der Waals surface area contributed by atoms with Crippen LogP contribution in [0.15, 0.2) is 48.5 Å². The van der Waals surface area contributed by atoms with E-state index in [4.69, 9.17) is 4.74 Å². The number of ether oxygens (including phenoxy) is 1. The Balaban J connectivity index is 1.03. The van der Waals surface area contributed by atoms with Crippen LogP contribution in [0.5, 0.6) is 0 Å². The van der Waals surface area contributed by atoms with E-state index >= 15 is 0 Å². The molecule has 2 aromatic carbocycles. The first-order valence-electron chi connectivity index (χ1n) is 12.8. The lowest BCUT2D eigenvalue weighted by molar-refractivity contribution is -0.00866. The summed E-state index contributed by atoms with van der Waals surface area (Å²) >= 11 is 0. The van der Waals surface area contributed by atoms with Gasteiger partial charge < -0.3 is 19.9 Å². The van der Waals surface area contributed by atoms with Crippen molar-refractivity contribution in [2.24, 2.45) is 11.8 Å². The second-order valence-corrected chi connectivity index (χ2v) is 10.5. The molecule has 4 aliphatic rings. The van der Waals surface area contributed by atoms with E-state index in [0.717, 1.165) is 29.6 Å². The van der Waals surface area contributed by atoms with Gasteiger partial charge in [0.15, 0.2) is 0 Å². The van der Waals surface area contributed by atoms with E-state index in [1.807, 2.05) is 36.4 Å². The Morgan fingerprint density at radius 1 is 0.939 bits per heavy atom. The van der Waals surface area contributed by atoms with Crippen molar-refractivity contribution in [1.29, 1.82) is 0 Å². The van der Waals surface area contributed by atoms with Gasteiger partial charge in [0, 0.05) is 49.2 Å². The highest BCUT2D eigenvalue weighted by molar-refractivity contribution is 6.04. The smallest absolute Gasteiger partial charge is 0.255 e. The Bertz CT molecular complexity index is 966. The number of amides is 1. The third-order valence-electron chi connectivity index (χ3n) is 8.05. The number of carbonyl (C=O) groups is 1. The summed E-state index contributed by atoms with van der Waals surface area (Å²) in [4.78, 5) is 18.0. The molecule has 6 rings (SSSR count). The zero-order valence-corrected chi connectivity index (χ0v) is 19.4. The maximum atomic E-state index is 12.7. The average Bonchev–Trinajstić information content (AvgIpc) is 3.39. The Kier molecular flexibility index (Phi) is 5.85. The molecule has 2 saturated carbocycles. The summed E-state index contributed by atoms with van der Waals surface area (Å²) in [5, 5.41) is 3.05. The Morgan fingerprint density at radius 2 is 1.73 bits per heavy atom. The topological polar surface area (TPSA) is 44.8 Å². The third kappa shape index (κ3) is 4.80. The Hall–Kier alpha value is -2.37. The Morgan fingerprint density at radius 3 is 2.42 bits per heavy atom. The van der Waals surface area contributed by atoms with Crippen LogP contribution in [0, 0.1) is 11.8 Å². The van der Waals surface area contributed by atoms with Gasteiger partial charge in [-0.05, 0) is 92.3 Å². The normalized spacial score (nSPS) is 25.2. The van der Waals surface area contributed by atoms with Crippen molar-refractivity contribution in [1.82, 2.24) is 4.90 Å². The van der Waals surface area contributed by atoms with Crippen molar-refractivity contribution in [3.05, 3.63) is 59.7 Å². The number of nitrogens with zero attached hydrogens (tertiary/aromatic N) is 2. The van der Waals surface area contributed by atoms with E-state index in [9.17, 15) is 4.79 Å². The van der Waals surface area contributed by atoms with Crippen LogP contribution in [0.2, 0.25) is 0 Å². The lowest BCUT2D eigenvalue weighted by Crippen LogP contribution is -2.35. The minimum Gasteiger partial charge on any atom is -0.374 e. The molecule has 0 bridgehead atoms. The molecule has 0 spiro atoms. The first-order chi connectivity index (χ1) is 16.2. The molecular formula is C28H35N3O2. The van der Waals surface area contributed by atoms with Crippen molar-refractivity contribution in [3.63, 3.8) is 0 Å². The highest BCUT2D eigenvalue weighted by Gasteiger charge is 2.42. The number of likely N-dealkylation sites (tertiary alicyclic amines) is 1. The van der Waals surface area contributed by atoms with Crippen LogP contribution in [-0.2, 0) is 11.3 Å². The van der Waals surface area contributed by atoms with Crippen molar-refractivity contribution in [3.8, 4) is 0 Å². The van der Waals surface area contributed by atoms with Crippen molar-refractivity contribution in [2.75, 3.05) is 36.4 Å². The van der Waals surface area contributed by atoms with E-state index in [1.54, 1.807) is 0 Å². The highest BCUT2D eigenvalue weighted by Crippen LogP contribution is 2.38. The van der Waals surface area contributed by atoms with Gasteiger partial charge in [0.1, 0.15) is 0 Å². The maximum absolute atomic E-state index is 12.7. The molecule has 2 saturated heterocycles. The van der Waals surface area contributed by atoms with Gasteiger partial charge in [-0.3, -0.25) is 4.79 Å². The SMILES string of the molecule is O=C(Nc1ccc(N2CC[C@@H]3CN(CC4CC4)C[C@@H]32)cc1)c1ccc(COC2CCC2)cc1. The van der Waals surface area contributed by atoms with Crippen LogP contribution < -0.4 is 10.2 Å². The molecule has 2 aliphatic heterocycles. The molecule has 1 amide bonds. The molecule has 0 radical (unpaired) electrons. The van der Waals surface area contributed by atoms with Gasteiger partial charge in [-0.15, -0.1) is 0 Å². The van der Waals surface area contributed by atoms with Gasteiger partial charge >= 0.3 is 0 Å². The second-order valence-electron chi connectivity index (χ2n) is 10.5. The largest absolute Gasteiger partial charge is 0.374 e. The van der Waals surface area contributed by atoms with E-state index < -0.39 is 0 Å². The zero-order chi connectivity index (χ0) is 22.2. The fourth-order valence-corrected chi connectivity index (χ4v) is 5.63. The summed E-state index contributed by atoms with van der Waals surface area (Å²) in [5.74, 6) is 1.71. The number of fused-ring (bicyclic) bond motifs is 1. The van der Waals surface area contributed by atoms with Crippen LogP contribution >= 0.6 is 0 Å². The number of hydrogen-bond donors (Lipinski definition) is 1. The maximum Gasteiger partial charge on any atom is 0.255 e. The predicted molar refractivity (Wildman–Crippen MR) is 132 cm³/mol. The van der Waals surface area contributed by atoms with Crippen LogP contribution in [0.25, 0.3) is 0 Å². The molecule has 2 heterocycles. The molecule has 174 valence electrons. The predicted octanol–water partition coefficient (Wildman–Crippen LogP) is 4.93. The summed E-state index contributed by atoms with van der Waals surface area (Å²) in [6.45, 7) is 5.57. The highest BCUT2D eigenvalue weighted by atomic mass is 16.5. The fourth-order valence-electron chi connectivity index (χ4n) is 5.63. The van der Waals surface area contributed by atoms with E-state index in [0.29, 0.717) is 24.3 Å². The summed E-state index contributed by atoms with van der Waals surface area (Å²) < 4.78 is 5.86. The summed E-state index contributed by atoms with van der Waals surface area (Å²) in [5.41, 5.74) is 3.92. The fraction of sp³-hybridized carbons (Fsp3) is 0.536. The minimum absolute atomic E-state index is 0.0676. The molecule has 5 nitrogen and oxygen atoms in total. The zero-order valence-electron chi connectivity index (χ0n) is 19.4. The molecule has 2 atom stereocenters. The average molecular weight is 446 g/mol. The molecule has 0 unspecified atom stereocenters. The molecule has 2 aliphatic carbocycles. The van der Waals surface area contributed by atoms with Gasteiger partial charge in [0.05, 0.1) is 12.7 Å². The number of carbonyl (C=O) groups excluding carboxylic acids is 1. The first-order valence-corrected chi connectivity index (χ1v) is 12.8. The van der Waals surface area contributed by atoms with E-state index in [-0.39, 0.29) is 5.91 Å². The quantitative estimate of drug-likeness (QED) is 0.626. The lowest BCUT2D eigenvalue weighted by atomic mass is 9.96. The molecule has 1 N–H and O–H groups in total. The molecular weight excluding hydrogens is 410 g/mol. The van der Waals surface area contributed by atoms with Gasteiger partial charge in [-0.1, -0.05) is 12.1 Å².